The maximum atomic E-state index is 12.9. The maximum absolute atomic E-state index is 12.9. The van der Waals surface area contributed by atoms with Crippen LogP contribution in [0, 0.1) is 0 Å². The molecule has 21 heavy (non-hydrogen) atoms. The van der Waals surface area contributed by atoms with Crippen LogP contribution in [-0.4, -0.2) is 29.4 Å². The van der Waals surface area contributed by atoms with Gasteiger partial charge in [0.05, 0.1) is 5.56 Å². The second-order valence-corrected chi connectivity index (χ2v) is 6.72. The van der Waals surface area contributed by atoms with Crippen molar-refractivity contribution < 1.29 is 4.79 Å². The lowest BCUT2D eigenvalue weighted by Crippen LogP contribution is -2.44. The van der Waals surface area contributed by atoms with E-state index in [1.807, 2.05) is 28.5 Å². The van der Waals surface area contributed by atoms with Crippen molar-refractivity contribution in [3.63, 3.8) is 0 Å². The molecule has 0 aliphatic heterocycles. The standard InChI is InChI=1S/C17H22N2OS/c1-2-19(13-9-7-12(18)8-10-13)17(20)15-11-21-16-6-4-3-5-14(15)16/h3-6,11-13H,2,7-10,18H2,1H3. The molecular weight excluding hydrogens is 280 g/mol. The molecule has 2 aromatic rings. The second kappa shape index (κ2) is 6.16. The van der Waals surface area contributed by atoms with E-state index in [0.717, 1.165) is 43.2 Å². The van der Waals surface area contributed by atoms with E-state index >= 15 is 0 Å². The smallest absolute Gasteiger partial charge is 0.255 e. The Morgan fingerprint density at radius 1 is 1.29 bits per heavy atom. The van der Waals surface area contributed by atoms with Crippen molar-refractivity contribution in [3.8, 4) is 0 Å². The van der Waals surface area contributed by atoms with Crippen molar-refractivity contribution in [3.05, 3.63) is 35.2 Å². The summed E-state index contributed by atoms with van der Waals surface area (Å²) in [5.74, 6) is 0.176. The third-order valence-electron chi connectivity index (χ3n) is 4.50. The molecular formula is C17H22N2OS. The Kier molecular flexibility index (Phi) is 4.27. The molecule has 0 bridgehead atoms. The molecule has 0 radical (unpaired) electrons. The molecule has 1 amide bonds. The van der Waals surface area contributed by atoms with Crippen LogP contribution in [0.1, 0.15) is 43.0 Å². The molecule has 1 aliphatic carbocycles. The molecule has 0 saturated heterocycles. The van der Waals surface area contributed by atoms with Crippen LogP contribution < -0.4 is 5.73 Å². The van der Waals surface area contributed by atoms with Crippen molar-refractivity contribution in [2.45, 2.75) is 44.7 Å². The molecule has 3 rings (SSSR count). The highest BCUT2D eigenvalue weighted by atomic mass is 32.1. The Labute approximate surface area is 129 Å². The summed E-state index contributed by atoms with van der Waals surface area (Å²) in [6, 6.07) is 8.81. The Balaban J connectivity index is 1.85. The van der Waals surface area contributed by atoms with Gasteiger partial charge in [0.15, 0.2) is 0 Å². The normalized spacial score (nSPS) is 22.4. The van der Waals surface area contributed by atoms with Crippen molar-refractivity contribution in [2.24, 2.45) is 5.73 Å². The van der Waals surface area contributed by atoms with Crippen LogP contribution in [0.2, 0.25) is 0 Å². The maximum Gasteiger partial charge on any atom is 0.255 e. The van der Waals surface area contributed by atoms with Gasteiger partial charge in [0, 0.05) is 34.1 Å². The van der Waals surface area contributed by atoms with E-state index in [9.17, 15) is 4.79 Å². The lowest BCUT2D eigenvalue weighted by Gasteiger charge is -2.35. The summed E-state index contributed by atoms with van der Waals surface area (Å²) in [6.07, 6.45) is 4.11. The average Bonchev–Trinajstić information content (AvgIpc) is 2.94. The number of carbonyl (C=O) groups excluding carboxylic acids is 1. The predicted molar refractivity (Wildman–Crippen MR) is 88.8 cm³/mol. The molecule has 1 heterocycles. The molecule has 0 spiro atoms. The number of amides is 1. The van der Waals surface area contributed by atoms with Gasteiger partial charge in [-0.05, 0) is 38.7 Å². The molecule has 0 unspecified atom stereocenters. The zero-order chi connectivity index (χ0) is 14.8. The number of hydrogen-bond donors (Lipinski definition) is 1. The van der Waals surface area contributed by atoms with Crippen molar-refractivity contribution in [1.29, 1.82) is 0 Å². The SMILES string of the molecule is CCN(C(=O)c1csc2ccccc12)C1CCC(N)CC1. The summed E-state index contributed by atoms with van der Waals surface area (Å²) >= 11 is 1.65. The fourth-order valence-corrected chi connectivity index (χ4v) is 4.21. The zero-order valence-electron chi connectivity index (χ0n) is 12.4. The lowest BCUT2D eigenvalue weighted by molar-refractivity contribution is 0.0643. The number of thiophene rings is 1. The predicted octanol–water partition coefficient (Wildman–Crippen LogP) is 3.63. The van der Waals surface area contributed by atoms with E-state index in [1.165, 1.54) is 4.70 Å². The second-order valence-electron chi connectivity index (χ2n) is 5.81. The van der Waals surface area contributed by atoms with Gasteiger partial charge < -0.3 is 10.6 Å². The monoisotopic (exact) mass is 302 g/mol. The number of rotatable bonds is 3. The van der Waals surface area contributed by atoms with E-state index < -0.39 is 0 Å². The number of nitrogens with two attached hydrogens (primary N) is 1. The minimum Gasteiger partial charge on any atom is -0.336 e. The summed E-state index contributed by atoms with van der Waals surface area (Å²) in [4.78, 5) is 15.0. The topological polar surface area (TPSA) is 46.3 Å². The lowest BCUT2D eigenvalue weighted by atomic mass is 9.90. The number of hydrogen-bond acceptors (Lipinski definition) is 3. The number of carbonyl (C=O) groups is 1. The van der Waals surface area contributed by atoms with E-state index in [-0.39, 0.29) is 5.91 Å². The van der Waals surface area contributed by atoms with Crippen LogP contribution in [0.4, 0.5) is 0 Å². The first-order chi connectivity index (χ1) is 10.2. The van der Waals surface area contributed by atoms with E-state index in [4.69, 9.17) is 5.73 Å². The van der Waals surface area contributed by atoms with Crippen LogP contribution in [0.15, 0.2) is 29.6 Å². The highest BCUT2D eigenvalue weighted by Crippen LogP contribution is 2.29. The Morgan fingerprint density at radius 3 is 2.71 bits per heavy atom. The fraction of sp³-hybridized carbons (Fsp3) is 0.471. The van der Waals surface area contributed by atoms with E-state index in [0.29, 0.717) is 12.1 Å². The fourth-order valence-electron chi connectivity index (χ4n) is 3.28. The first-order valence-corrected chi connectivity index (χ1v) is 8.61. The average molecular weight is 302 g/mol. The molecule has 1 aliphatic rings. The molecule has 1 fully saturated rings. The van der Waals surface area contributed by atoms with Gasteiger partial charge in [0.2, 0.25) is 0 Å². The van der Waals surface area contributed by atoms with Gasteiger partial charge >= 0.3 is 0 Å². The van der Waals surface area contributed by atoms with Gasteiger partial charge in [-0.3, -0.25) is 4.79 Å². The molecule has 2 N–H and O–H groups in total. The molecule has 3 nitrogen and oxygen atoms in total. The Hall–Kier alpha value is -1.39. The summed E-state index contributed by atoms with van der Waals surface area (Å²) in [6.45, 7) is 2.84. The molecule has 1 aromatic carbocycles. The van der Waals surface area contributed by atoms with Gasteiger partial charge in [-0.2, -0.15) is 0 Å². The van der Waals surface area contributed by atoms with E-state index in [2.05, 4.69) is 13.0 Å². The molecule has 4 heteroatoms. The summed E-state index contributed by atoms with van der Waals surface area (Å²) in [5, 5.41) is 3.09. The molecule has 112 valence electrons. The third-order valence-corrected chi connectivity index (χ3v) is 5.46. The minimum atomic E-state index is 0.176. The van der Waals surface area contributed by atoms with Gasteiger partial charge in [0.1, 0.15) is 0 Å². The quantitative estimate of drug-likeness (QED) is 0.941. The Bertz CT molecular complexity index is 629. The van der Waals surface area contributed by atoms with E-state index in [1.54, 1.807) is 11.3 Å². The molecule has 0 atom stereocenters. The number of fused-ring (bicyclic) bond motifs is 1. The molecule has 1 aromatic heterocycles. The van der Waals surface area contributed by atoms with Gasteiger partial charge in [-0.1, -0.05) is 18.2 Å². The van der Waals surface area contributed by atoms with Crippen molar-refractivity contribution in [1.82, 2.24) is 4.90 Å². The first kappa shape index (κ1) is 14.5. The number of benzene rings is 1. The van der Waals surface area contributed by atoms with Gasteiger partial charge in [0.25, 0.3) is 5.91 Å². The summed E-state index contributed by atoms with van der Waals surface area (Å²) in [5.41, 5.74) is 6.84. The van der Waals surface area contributed by atoms with Crippen LogP contribution in [0.5, 0.6) is 0 Å². The summed E-state index contributed by atoms with van der Waals surface area (Å²) in [7, 11) is 0. The van der Waals surface area contributed by atoms with Gasteiger partial charge in [-0.15, -0.1) is 11.3 Å². The third kappa shape index (κ3) is 2.83. The minimum absolute atomic E-state index is 0.176. The summed E-state index contributed by atoms with van der Waals surface area (Å²) < 4.78 is 1.18. The molecule has 1 saturated carbocycles. The number of nitrogens with zero attached hydrogens (tertiary/aromatic N) is 1. The first-order valence-electron chi connectivity index (χ1n) is 7.73. The highest BCUT2D eigenvalue weighted by Gasteiger charge is 2.28. The van der Waals surface area contributed by atoms with Crippen LogP contribution in [0.25, 0.3) is 10.1 Å². The largest absolute Gasteiger partial charge is 0.336 e. The van der Waals surface area contributed by atoms with Gasteiger partial charge in [-0.25, -0.2) is 0 Å². The van der Waals surface area contributed by atoms with Crippen LogP contribution >= 0.6 is 11.3 Å². The highest BCUT2D eigenvalue weighted by molar-refractivity contribution is 7.17. The van der Waals surface area contributed by atoms with Crippen molar-refractivity contribution >= 4 is 27.3 Å². The van der Waals surface area contributed by atoms with Crippen LogP contribution in [-0.2, 0) is 0 Å². The Morgan fingerprint density at radius 2 is 2.00 bits per heavy atom. The van der Waals surface area contributed by atoms with Crippen LogP contribution in [0.3, 0.4) is 0 Å². The zero-order valence-corrected chi connectivity index (χ0v) is 13.2. The van der Waals surface area contributed by atoms with Crippen molar-refractivity contribution in [2.75, 3.05) is 6.54 Å².